The minimum atomic E-state index is -3.52. The van der Waals surface area contributed by atoms with E-state index in [9.17, 15) is 13.2 Å². The maximum absolute atomic E-state index is 11.0. The summed E-state index contributed by atoms with van der Waals surface area (Å²) in [6, 6.07) is 8.56. The summed E-state index contributed by atoms with van der Waals surface area (Å²) in [6.07, 6.45) is 0.904. The molecule has 1 aromatic carbocycles. The number of rotatable bonds is 2. The van der Waals surface area contributed by atoms with E-state index in [4.69, 9.17) is 0 Å². The van der Waals surface area contributed by atoms with Gasteiger partial charge in [-0.15, -0.1) is 0 Å². The minimum Gasteiger partial charge on any atom is -0.307 e. The third kappa shape index (κ3) is 3.90. The van der Waals surface area contributed by atoms with Gasteiger partial charge in [-0.2, -0.15) is 0 Å². The molecule has 1 rings (SSSR count). The maximum atomic E-state index is 11.0. The van der Waals surface area contributed by atoms with Crippen LogP contribution >= 0.6 is 0 Å². The van der Waals surface area contributed by atoms with Gasteiger partial charge >= 0.3 is 6.03 Å². The summed E-state index contributed by atoms with van der Waals surface area (Å²) in [7, 11) is -3.52. The first-order chi connectivity index (χ1) is 6.47. The fraction of sp³-hybridized carbons (Fsp3) is 0.125. The Labute approximate surface area is 82.2 Å². The van der Waals surface area contributed by atoms with E-state index in [1.54, 1.807) is 29.0 Å². The van der Waals surface area contributed by atoms with Crippen LogP contribution in [0.3, 0.4) is 0 Å². The molecule has 0 saturated carbocycles. The first-order valence-electron chi connectivity index (χ1n) is 3.73. The number of hydrogen-bond donors (Lipinski definition) is 2. The zero-order chi connectivity index (χ0) is 10.6. The Hall–Kier alpha value is -1.56. The molecule has 0 bridgehead atoms. The van der Waals surface area contributed by atoms with Crippen molar-refractivity contribution in [3.8, 4) is 0 Å². The summed E-state index contributed by atoms with van der Waals surface area (Å²) in [5, 5.41) is 2.31. The highest BCUT2D eigenvalue weighted by Crippen LogP contribution is 2.03. The molecule has 6 heteroatoms. The molecule has 5 nitrogen and oxygen atoms in total. The first-order valence-corrected chi connectivity index (χ1v) is 5.62. The lowest BCUT2D eigenvalue weighted by Gasteiger charge is -2.04. The zero-order valence-electron chi connectivity index (χ0n) is 7.44. The van der Waals surface area contributed by atoms with E-state index in [2.05, 4.69) is 11.4 Å². The van der Waals surface area contributed by atoms with Crippen LogP contribution < -0.4 is 10.0 Å². The largest absolute Gasteiger partial charge is 0.332 e. The molecule has 0 unspecified atom stereocenters. The second kappa shape index (κ2) is 4.10. The fourth-order valence-electron chi connectivity index (χ4n) is 0.787. The van der Waals surface area contributed by atoms with E-state index in [0.29, 0.717) is 5.69 Å². The Morgan fingerprint density at radius 3 is 2.64 bits per heavy atom. The summed E-state index contributed by atoms with van der Waals surface area (Å²) < 4.78 is 23.1. The Morgan fingerprint density at radius 2 is 2.14 bits per heavy atom. The predicted octanol–water partition coefficient (Wildman–Crippen LogP) is 0.568. The van der Waals surface area contributed by atoms with Crippen molar-refractivity contribution < 1.29 is 13.2 Å². The van der Waals surface area contributed by atoms with Crippen LogP contribution in [0, 0.1) is 6.07 Å². The number of para-hydroxylation sites is 1. The molecular formula is C8H9N2O3S. The van der Waals surface area contributed by atoms with Crippen LogP contribution in [0.4, 0.5) is 10.5 Å². The van der Waals surface area contributed by atoms with Crippen molar-refractivity contribution in [3.05, 3.63) is 30.3 Å². The van der Waals surface area contributed by atoms with Crippen molar-refractivity contribution in [1.82, 2.24) is 4.72 Å². The summed E-state index contributed by atoms with van der Waals surface area (Å²) in [5.74, 6) is 0. The molecule has 0 heterocycles. The van der Waals surface area contributed by atoms with Crippen molar-refractivity contribution in [2.75, 3.05) is 11.6 Å². The molecule has 0 aliphatic heterocycles. The molecule has 0 atom stereocenters. The molecule has 0 fully saturated rings. The van der Waals surface area contributed by atoms with E-state index in [1.165, 1.54) is 0 Å². The summed E-state index contributed by atoms with van der Waals surface area (Å²) >= 11 is 0. The highest BCUT2D eigenvalue weighted by atomic mass is 32.2. The maximum Gasteiger partial charge on any atom is 0.332 e. The Balaban J connectivity index is 2.59. The van der Waals surface area contributed by atoms with E-state index in [1.807, 2.05) is 0 Å². The van der Waals surface area contributed by atoms with E-state index >= 15 is 0 Å². The van der Waals surface area contributed by atoms with Gasteiger partial charge in [0.1, 0.15) is 0 Å². The minimum absolute atomic E-state index is 0.411. The molecule has 1 aromatic rings. The number of carbonyl (C=O) groups is 1. The highest BCUT2D eigenvalue weighted by molar-refractivity contribution is 7.89. The SMILES string of the molecule is CS(=O)(=O)NC(=O)Nc1[c]cccc1. The van der Waals surface area contributed by atoms with Gasteiger partial charge in [0.05, 0.1) is 11.9 Å². The number of hydrogen-bond acceptors (Lipinski definition) is 3. The van der Waals surface area contributed by atoms with Gasteiger partial charge in [0, 0.05) is 6.07 Å². The van der Waals surface area contributed by atoms with Gasteiger partial charge in [-0.3, -0.25) is 0 Å². The van der Waals surface area contributed by atoms with E-state index < -0.39 is 16.1 Å². The molecule has 0 aromatic heterocycles. The summed E-state index contributed by atoms with van der Waals surface area (Å²) in [6.45, 7) is 0. The Kier molecular flexibility index (Phi) is 3.08. The normalized spacial score (nSPS) is 10.6. The molecule has 14 heavy (non-hydrogen) atoms. The van der Waals surface area contributed by atoms with Gasteiger partial charge in [-0.1, -0.05) is 18.2 Å². The highest BCUT2D eigenvalue weighted by Gasteiger charge is 2.07. The third-order valence-corrected chi connectivity index (χ3v) is 1.79. The van der Waals surface area contributed by atoms with Crippen LogP contribution in [0.15, 0.2) is 24.3 Å². The fourth-order valence-corrected chi connectivity index (χ4v) is 1.18. The van der Waals surface area contributed by atoms with E-state index in [-0.39, 0.29) is 0 Å². The van der Waals surface area contributed by atoms with Crippen molar-refractivity contribution in [1.29, 1.82) is 0 Å². The van der Waals surface area contributed by atoms with Gasteiger partial charge in [0.25, 0.3) is 0 Å². The topological polar surface area (TPSA) is 75.3 Å². The monoisotopic (exact) mass is 213 g/mol. The first kappa shape index (κ1) is 10.5. The molecular weight excluding hydrogens is 204 g/mol. The molecule has 1 radical (unpaired) electrons. The number of sulfonamides is 1. The lowest BCUT2D eigenvalue weighted by molar-refractivity contribution is 0.256. The average molecular weight is 213 g/mol. The van der Waals surface area contributed by atoms with Crippen LogP contribution in [-0.2, 0) is 10.0 Å². The lowest BCUT2D eigenvalue weighted by Crippen LogP contribution is -2.33. The summed E-state index contributed by atoms with van der Waals surface area (Å²) in [5.41, 5.74) is 0.411. The van der Waals surface area contributed by atoms with Crippen molar-refractivity contribution in [2.24, 2.45) is 0 Å². The smallest absolute Gasteiger partial charge is 0.307 e. The van der Waals surface area contributed by atoms with Crippen LogP contribution in [0.25, 0.3) is 0 Å². The quantitative estimate of drug-likeness (QED) is 0.754. The van der Waals surface area contributed by atoms with Crippen molar-refractivity contribution in [2.45, 2.75) is 0 Å². The van der Waals surface area contributed by atoms with E-state index in [0.717, 1.165) is 6.26 Å². The number of anilines is 1. The molecule has 75 valence electrons. The average Bonchev–Trinajstić information content (AvgIpc) is 2.02. The van der Waals surface area contributed by atoms with Crippen LogP contribution in [-0.4, -0.2) is 20.7 Å². The molecule has 2 N–H and O–H groups in total. The zero-order valence-corrected chi connectivity index (χ0v) is 8.26. The molecule has 0 aliphatic carbocycles. The second-order valence-corrected chi connectivity index (χ2v) is 4.35. The number of amides is 2. The molecule has 0 saturated heterocycles. The number of benzene rings is 1. The Bertz CT molecular complexity index is 413. The van der Waals surface area contributed by atoms with Gasteiger partial charge < -0.3 is 5.32 Å². The standard InChI is InChI=1S/C8H9N2O3S/c1-14(12,13)10-8(11)9-7-5-3-2-4-6-7/h2-5H,1H3,(H2,9,10,11). The van der Waals surface area contributed by atoms with Crippen LogP contribution in [0.1, 0.15) is 0 Å². The predicted molar refractivity (Wildman–Crippen MR) is 52.3 cm³/mol. The van der Waals surface area contributed by atoms with Gasteiger partial charge in [0.2, 0.25) is 10.0 Å². The van der Waals surface area contributed by atoms with Crippen molar-refractivity contribution >= 4 is 21.7 Å². The van der Waals surface area contributed by atoms with Gasteiger partial charge in [0.15, 0.2) is 0 Å². The lowest BCUT2D eigenvalue weighted by atomic mass is 10.3. The third-order valence-electron chi connectivity index (χ3n) is 1.24. The second-order valence-electron chi connectivity index (χ2n) is 2.60. The van der Waals surface area contributed by atoms with Crippen LogP contribution in [0.2, 0.25) is 0 Å². The number of urea groups is 1. The Morgan fingerprint density at radius 1 is 1.43 bits per heavy atom. The summed E-state index contributed by atoms with van der Waals surface area (Å²) in [4.78, 5) is 11.0. The molecule has 2 amide bonds. The van der Waals surface area contributed by atoms with Crippen LogP contribution in [0.5, 0.6) is 0 Å². The van der Waals surface area contributed by atoms with Gasteiger partial charge in [-0.05, 0) is 6.07 Å². The number of nitrogens with one attached hydrogen (secondary N) is 2. The molecule has 0 aliphatic rings. The van der Waals surface area contributed by atoms with Crippen molar-refractivity contribution in [3.63, 3.8) is 0 Å². The number of carbonyl (C=O) groups excluding carboxylic acids is 1. The van der Waals surface area contributed by atoms with Gasteiger partial charge in [-0.25, -0.2) is 17.9 Å². The molecule has 0 spiro atoms.